The standard InChI is InChI=1S/C8H2Cl2F3IO/c9-5-1-3-4(2-6(5)10)8(13,14)15-7(3,11)12/h1-2H. The van der Waals surface area contributed by atoms with Crippen molar-refractivity contribution in [3.63, 3.8) is 0 Å². The van der Waals surface area contributed by atoms with Gasteiger partial charge < -0.3 is 0 Å². The van der Waals surface area contributed by atoms with Crippen LogP contribution in [-0.2, 0) is 14.7 Å². The lowest BCUT2D eigenvalue weighted by atomic mass is 10.1. The first-order valence-electron chi connectivity index (χ1n) is 3.70. The molecule has 82 valence electrons. The zero-order chi connectivity index (χ0) is 11.4. The Morgan fingerprint density at radius 3 is 2.07 bits per heavy atom. The summed E-state index contributed by atoms with van der Waals surface area (Å²) in [4.78, 5) is 0. The van der Waals surface area contributed by atoms with Gasteiger partial charge in [-0.05, 0) is 34.7 Å². The van der Waals surface area contributed by atoms with Gasteiger partial charge in [0.05, 0.1) is 15.6 Å². The Morgan fingerprint density at radius 2 is 1.53 bits per heavy atom. The number of halogens is 6. The van der Waals surface area contributed by atoms with E-state index in [4.69, 9.17) is 23.2 Å². The van der Waals surface area contributed by atoms with Gasteiger partial charge in [0.1, 0.15) is 0 Å². The molecule has 1 aliphatic heterocycles. The summed E-state index contributed by atoms with van der Waals surface area (Å²) in [6.45, 7) is 0. The summed E-state index contributed by atoms with van der Waals surface area (Å²) in [6.07, 6.45) is -3.68. The number of fused-ring (bicyclic) bond motifs is 1. The summed E-state index contributed by atoms with van der Waals surface area (Å²) in [5, 5.41) is -0.0526. The van der Waals surface area contributed by atoms with Gasteiger partial charge in [0.2, 0.25) is 0 Å². The monoisotopic (exact) mass is 368 g/mol. The van der Waals surface area contributed by atoms with Crippen molar-refractivity contribution in [1.82, 2.24) is 0 Å². The van der Waals surface area contributed by atoms with Gasteiger partial charge >= 0.3 is 6.11 Å². The normalized spacial score (nSPS) is 27.9. The molecule has 1 aromatic rings. The number of hydrogen-bond acceptors (Lipinski definition) is 1. The molecule has 0 spiro atoms. The third kappa shape index (κ3) is 1.83. The highest BCUT2D eigenvalue weighted by Gasteiger charge is 2.55. The maximum atomic E-state index is 13.6. The summed E-state index contributed by atoms with van der Waals surface area (Å²) in [5.41, 5.74) is -0.892. The van der Waals surface area contributed by atoms with E-state index in [1.54, 1.807) is 0 Å². The van der Waals surface area contributed by atoms with E-state index in [0.29, 0.717) is 0 Å². The minimum absolute atomic E-state index is 0.00964. The van der Waals surface area contributed by atoms with Crippen molar-refractivity contribution in [3.05, 3.63) is 33.3 Å². The Kier molecular flexibility index (Phi) is 2.65. The molecule has 1 atom stereocenters. The summed E-state index contributed by atoms with van der Waals surface area (Å²) in [5.74, 6) is 0. The van der Waals surface area contributed by atoms with Crippen LogP contribution in [0.25, 0.3) is 0 Å². The fourth-order valence-corrected chi connectivity index (χ4v) is 2.35. The van der Waals surface area contributed by atoms with Crippen LogP contribution in [0, 0.1) is 0 Å². The average Bonchev–Trinajstić information content (AvgIpc) is 2.21. The molecular formula is C8H2Cl2F3IO. The van der Waals surface area contributed by atoms with E-state index in [9.17, 15) is 13.2 Å². The fourth-order valence-electron chi connectivity index (χ4n) is 1.30. The Morgan fingerprint density at radius 1 is 1.07 bits per heavy atom. The van der Waals surface area contributed by atoms with Gasteiger partial charge in [-0.15, -0.1) is 0 Å². The van der Waals surface area contributed by atoms with Gasteiger partial charge in [-0.25, -0.2) is 0 Å². The van der Waals surface area contributed by atoms with Gasteiger partial charge in [0.15, 0.2) is 0 Å². The van der Waals surface area contributed by atoms with Crippen LogP contribution in [0.15, 0.2) is 12.1 Å². The van der Waals surface area contributed by atoms with E-state index in [0.717, 1.165) is 34.7 Å². The second kappa shape index (κ2) is 3.38. The van der Waals surface area contributed by atoms with E-state index in [2.05, 4.69) is 4.74 Å². The van der Waals surface area contributed by atoms with Crippen molar-refractivity contribution < 1.29 is 17.9 Å². The van der Waals surface area contributed by atoms with Crippen molar-refractivity contribution in [2.75, 3.05) is 0 Å². The van der Waals surface area contributed by atoms with Gasteiger partial charge in [-0.2, -0.15) is 13.2 Å². The summed E-state index contributed by atoms with van der Waals surface area (Å²) < 4.78 is 41.4. The molecular weight excluding hydrogens is 367 g/mol. The smallest absolute Gasteiger partial charge is 0.266 e. The predicted molar refractivity (Wildman–Crippen MR) is 58.2 cm³/mol. The number of hydrogen-bond donors (Lipinski definition) is 0. The maximum Gasteiger partial charge on any atom is 0.387 e. The summed E-state index contributed by atoms with van der Waals surface area (Å²) >= 11 is 12.3. The van der Waals surface area contributed by atoms with Crippen LogP contribution in [0.4, 0.5) is 13.2 Å². The molecule has 0 N–H and O–H groups in total. The quantitative estimate of drug-likeness (QED) is 0.481. The Bertz CT molecular complexity index is 397. The maximum absolute atomic E-state index is 13.6. The molecule has 0 saturated heterocycles. The highest BCUT2D eigenvalue weighted by atomic mass is 127. The molecule has 0 fully saturated rings. The first kappa shape index (κ1) is 11.8. The highest BCUT2D eigenvalue weighted by Crippen LogP contribution is 2.54. The summed E-state index contributed by atoms with van der Waals surface area (Å²) in [6, 6.07) is 1.96. The summed E-state index contributed by atoms with van der Waals surface area (Å²) in [7, 11) is 0. The Hall–Kier alpha value is 0.280. The molecule has 0 amide bonds. The highest BCUT2D eigenvalue weighted by molar-refractivity contribution is 14.1. The third-order valence-electron chi connectivity index (χ3n) is 1.94. The largest absolute Gasteiger partial charge is 0.387 e. The molecule has 2 rings (SSSR count). The van der Waals surface area contributed by atoms with Gasteiger partial charge in [-0.3, -0.25) is 4.74 Å². The van der Waals surface area contributed by atoms with Crippen LogP contribution in [0.3, 0.4) is 0 Å². The van der Waals surface area contributed by atoms with E-state index < -0.39 is 15.5 Å². The van der Waals surface area contributed by atoms with Crippen LogP contribution < -0.4 is 0 Å². The van der Waals surface area contributed by atoms with Crippen LogP contribution in [0.1, 0.15) is 11.1 Å². The van der Waals surface area contributed by atoms with Crippen molar-refractivity contribution in [1.29, 1.82) is 0 Å². The molecule has 1 aliphatic rings. The molecule has 0 saturated carbocycles. The molecule has 1 unspecified atom stereocenters. The van der Waals surface area contributed by atoms with Gasteiger partial charge in [0, 0.05) is 5.56 Å². The zero-order valence-electron chi connectivity index (χ0n) is 6.83. The van der Waals surface area contributed by atoms with Gasteiger partial charge in [-0.1, -0.05) is 23.2 Å². The molecule has 0 bridgehead atoms. The molecule has 1 aromatic carbocycles. The minimum Gasteiger partial charge on any atom is -0.266 e. The molecule has 0 aromatic heterocycles. The molecule has 1 nitrogen and oxygen atoms in total. The van der Waals surface area contributed by atoms with Crippen LogP contribution in [0.5, 0.6) is 0 Å². The number of ether oxygens (including phenoxy) is 1. The zero-order valence-corrected chi connectivity index (χ0v) is 10.5. The van der Waals surface area contributed by atoms with Crippen LogP contribution in [0.2, 0.25) is 10.0 Å². The van der Waals surface area contributed by atoms with E-state index in [1.807, 2.05) is 0 Å². The average molecular weight is 369 g/mol. The first-order chi connectivity index (χ1) is 6.74. The molecule has 0 radical (unpaired) electrons. The Labute approximate surface area is 107 Å². The van der Waals surface area contributed by atoms with Gasteiger partial charge in [0.25, 0.3) is 3.86 Å². The van der Waals surface area contributed by atoms with Crippen LogP contribution in [-0.4, -0.2) is 0 Å². The number of benzene rings is 1. The lowest BCUT2D eigenvalue weighted by molar-refractivity contribution is -0.287. The first-order valence-corrected chi connectivity index (χ1v) is 5.53. The second-order valence-electron chi connectivity index (χ2n) is 2.95. The van der Waals surface area contributed by atoms with Crippen molar-refractivity contribution >= 4 is 45.8 Å². The number of rotatable bonds is 0. The predicted octanol–water partition coefficient (Wildman–Crippen LogP) is 4.59. The van der Waals surface area contributed by atoms with Crippen molar-refractivity contribution in [2.45, 2.75) is 9.97 Å². The molecule has 15 heavy (non-hydrogen) atoms. The third-order valence-corrected chi connectivity index (χ3v) is 3.47. The lowest BCUT2D eigenvalue weighted by Gasteiger charge is -2.12. The SMILES string of the molecule is FC1(F)OC(F)(I)c2cc(Cl)c(Cl)cc21. The van der Waals surface area contributed by atoms with Crippen molar-refractivity contribution in [3.8, 4) is 0 Å². The van der Waals surface area contributed by atoms with Crippen molar-refractivity contribution in [2.24, 2.45) is 0 Å². The minimum atomic E-state index is -3.68. The van der Waals surface area contributed by atoms with E-state index in [1.165, 1.54) is 0 Å². The van der Waals surface area contributed by atoms with Crippen LogP contribution >= 0.6 is 45.8 Å². The molecule has 7 heteroatoms. The fraction of sp³-hybridized carbons (Fsp3) is 0.250. The Balaban J connectivity index is 2.71. The second-order valence-corrected chi connectivity index (χ2v) is 5.15. The molecule has 1 heterocycles. The van der Waals surface area contributed by atoms with E-state index >= 15 is 0 Å². The lowest BCUT2D eigenvalue weighted by Crippen LogP contribution is -2.16. The molecule has 0 aliphatic carbocycles. The topological polar surface area (TPSA) is 9.23 Å². The number of alkyl halides is 4. The van der Waals surface area contributed by atoms with E-state index in [-0.39, 0.29) is 15.6 Å².